The lowest BCUT2D eigenvalue weighted by molar-refractivity contribution is -0.139. The van der Waals surface area contributed by atoms with Crippen LogP contribution >= 0.6 is 46.1 Å². The number of fused-ring (bicyclic) bond motifs is 1. The number of carbonyl (C=O) groups is 1. The van der Waals surface area contributed by atoms with Crippen molar-refractivity contribution in [3.05, 3.63) is 56.0 Å². The maximum Gasteiger partial charge on any atom is 0.312 e. The Bertz CT molecular complexity index is 1010. The lowest BCUT2D eigenvalue weighted by Crippen LogP contribution is -2.17. The Morgan fingerprint density at radius 1 is 1.23 bits per heavy atom. The van der Waals surface area contributed by atoms with Gasteiger partial charge in [-0.05, 0) is 49.6 Å². The quantitative estimate of drug-likeness (QED) is 0.552. The van der Waals surface area contributed by atoms with Crippen molar-refractivity contribution in [2.24, 2.45) is 0 Å². The van der Waals surface area contributed by atoms with Crippen molar-refractivity contribution in [3.8, 4) is 16.3 Å². The minimum Gasteiger partial charge on any atom is -0.481 e. The van der Waals surface area contributed by atoms with Crippen molar-refractivity contribution >= 4 is 52.1 Å². The summed E-state index contributed by atoms with van der Waals surface area (Å²) in [7, 11) is 0. The number of aromatic nitrogens is 2. The number of benzene rings is 1. The minimum absolute atomic E-state index is 0.452. The number of hydrogen-bond donors (Lipinski definition) is 1. The summed E-state index contributed by atoms with van der Waals surface area (Å²) in [5.41, 5.74) is 3.07. The molecule has 0 spiro atoms. The summed E-state index contributed by atoms with van der Waals surface area (Å²) in [6.45, 7) is 0. The van der Waals surface area contributed by atoms with Crippen LogP contribution in [0.25, 0.3) is 16.3 Å². The molecule has 0 saturated heterocycles. The molecule has 8 heteroatoms. The maximum atomic E-state index is 11.7. The van der Waals surface area contributed by atoms with Crippen molar-refractivity contribution in [1.82, 2.24) is 9.78 Å². The van der Waals surface area contributed by atoms with E-state index < -0.39 is 11.9 Å². The largest absolute Gasteiger partial charge is 0.481 e. The predicted octanol–water partition coefficient (Wildman–Crippen LogP) is 6.07. The van der Waals surface area contributed by atoms with Gasteiger partial charge < -0.3 is 5.11 Å². The van der Waals surface area contributed by atoms with E-state index in [0.717, 1.165) is 29.0 Å². The van der Waals surface area contributed by atoms with E-state index in [4.69, 9.17) is 34.8 Å². The van der Waals surface area contributed by atoms with Gasteiger partial charge in [-0.15, -0.1) is 11.3 Å². The van der Waals surface area contributed by atoms with Crippen molar-refractivity contribution in [3.63, 3.8) is 0 Å². The van der Waals surface area contributed by atoms with E-state index in [0.29, 0.717) is 32.2 Å². The molecule has 1 unspecified atom stereocenters. The summed E-state index contributed by atoms with van der Waals surface area (Å²) in [5.74, 6) is -1.46. The van der Waals surface area contributed by atoms with Crippen molar-refractivity contribution < 1.29 is 9.90 Å². The van der Waals surface area contributed by atoms with E-state index >= 15 is 0 Å². The molecular weight excluding hydrogens is 415 g/mol. The van der Waals surface area contributed by atoms with Crippen LogP contribution in [-0.2, 0) is 11.2 Å². The maximum absolute atomic E-state index is 11.7. The molecule has 4 rings (SSSR count). The summed E-state index contributed by atoms with van der Waals surface area (Å²) >= 11 is 20.0. The first-order valence-corrected chi connectivity index (χ1v) is 9.96. The summed E-state index contributed by atoms with van der Waals surface area (Å²) in [5, 5.41) is 15.3. The highest BCUT2D eigenvalue weighted by Crippen LogP contribution is 2.42. The van der Waals surface area contributed by atoms with Crippen LogP contribution < -0.4 is 0 Å². The van der Waals surface area contributed by atoms with Crippen LogP contribution in [-0.4, -0.2) is 20.9 Å². The third kappa shape index (κ3) is 3.03. The second kappa shape index (κ2) is 6.89. The normalized spacial score (nSPS) is 16.5. The number of nitrogens with zero attached hydrogens (tertiary/aromatic N) is 2. The molecule has 1 aromatic carbocycles. The molecule has 1 N–H and O–H groups in total. The molecule has 0 fully saturated rings. The number of hydrogen-bond acceptors (Lipinski definition) is 3. The minimum atomic E-state index is -0.853. The van der Waals surface area contributed by atoms with E-state index in [9.17, 15) is 9.90 Å². The van der Waals surface area contributed by atoms with Gasteiger partial charge in [0, 0.05) is 10.6 Å². The van der Waals surface area contributed by atoms with Gasteiger partial charge in [0.15, 0.2) is 0 Å². The Hall–Kier alpha value is -1.53. The zero-order valence-electron chi connectivity index (χ0n) is 13.4. The van der Waals surface area contributed by atoms with Crippen LogP contribution in [0, 0.1) is 0 Å². The van der Waals surface area contributed by atoms with Crippen molar-refractivity contribution in [2.45, 2.75) is 25.2 Å². The van der Waals surface area contributed by atoms with E-state index in [-0.39, 0.29) is 0 Å². The third-order valence-electron chi connectivity index (χ3n) is 4.51. The number of carboxylic acid groups (broad SMARTS) is 1. The van der Waals surface area contributed by atoms with Gasteiger partial charge in [0.2, 0.25) is 0 Å². The molecule has 1 atom stereocenters. The van der Waals surface area contributed by atoms with E-state index in [1.807, 2.05) is 12.1 Å². The number of rotatable bonds is 3. The monoisotopic (exact) mass is 426 g/mol. The molecular formula is C18H13Cl3N2O2S. The summed E-state index contributed by atoms with van der Waals surface area (Å²) < 4.78 is 2.39. The Balaban J connectivity index is 2.00. The van der Waals surface area contributed by atoms with Gasteiger partial charge in [-0.25, -0.2) is 4.68 Å². The van der Waals surface area contributed by atoms with Crippen molar-refractivity contribution in [1.29, 1.82) is 0 Å². The number of carboxylic acids is 1. The average Bonchev–Trinajstić information content (AvgIpc) is 3.17. The molecule has 0 bridgehead atoms. The number of halogens is 3. The lowest BCUT2D eigenvalue weighted by atomic mass is 9.86. The SMILES string of the molecule is O=C(O)C1CCCc2c1nn(-c1ccc(Cl)cc1Cl)c2-c1ccc(Cl)s1. The lowest BCUT2D eigenvalue weighted by Gasteiger charge is -2.17. The highest BCUT2D eigenvalue weighted by molar-refractivity contribution is 7.19. The van der Waals surface area contributed by atoms with Gasteiger partial charge in [-0.2, -0.15) is 5.10 Å². The summed E-state index contributed by atoms with van der Waals surface area (Å²) in [6, 6.07) is 8.93. The third-order valence-corrected chi connectivity index (χ3v) is 6.28. The summed E-state index contributed by atoms with van der Waals surface area (Å²) in [6.07, 6.45) is 2.16. The second-order valence-electron chi connectivity index (χ2n) is 6.11. The van der Waals surface area contributed by atoms with Gasteiger partial charge >= 0.3 is 5.97 Å². The van der Waals surface area contributed by atoms with Gasteiger partial charge in [-0.1, -0.05) is 34.8 Å². The Morgan fingerprint density at radius 3 is 2.69 bits per heavy atom. The predicted molar refractivity (Wildman–Crippen MR) is 105 cm³/mol. The smallest absolute Gasteiger partial charge is 0.312 e. The molecule has 1 aliphatic rings. The first kappa shape index (κ1) is 17.9. The first-order chi connectivity index (χ1) is 12.5. The van der Waals surface area contributed by atoms with Crippen molar-refractivity contribution in [2.75, 3.05) is 0 Å². The highest BCUT2D eigenvalue weighted by atomic mass is 35.5. The molecule has 0 radical (unpaired) electrons. The molecule has 3 aromatic rings. The second-order valence-corrected chi connectivity index (χ2v) is 8.67. The van der Waals surface area contributed by atoms with Crippen LogP contribution in [0.15, 0.2) is 30.3 Å². The van der Waals surface area contributed by atoms with Gasteiger partial charge in [0.05, 0.1) is 31.3 Å². The fourth-order valence-corrected chi connectivity index (χ4v) is 4.97. The topological polar surface area (TPSA) is 55.1 Å². The molecule has 1 aliphatic carbocycles. The number of aliphatic carboxylic acids is 1. The van der Waals surface area contributed by atoms with Crippen LogP contribution in [0.4, 0.5) is 0 Å². The van der Waals surface area contributed by atoms with Gasteiger partial charge in [-0.3, -0.25) is 4.79 Å². The van der Waals surface area contributed by atoms with Gasteiger partial charge in [0.1, 0.15) is 5.92 Å². The van der Waals surface area contributed by atoms with Crippen LogP contribution in [0.1, 0.15) is 30.0 Å². The Morgan fingerprint density at radius 2 is 2.04 bits per heavy atom. The Labute approximate surface area is 168 Å². The molecule has 4 nitrogen and oxygen atoms in total. The molecule has 26 heavy (non-hydrogen) atoms. The summed E-state index contributed by atoms with van der Waals surface area (Å²) in [4.78, 5) is 12.6. The zero-order valence-corrected chi connectivity index (χ0v) is 16.5. The molecule has 0 saturated carbocycles. The molecule has 0 amide bonds. The van der Waals surface area contributed by atoms with Gasteiger partial charge in [0.25, 0.3) is 0 Å². The molecule has 0 aliphatic heterocycles. The Kier molecular flexibility index (Phi) is 4.73. The average molecular weight is 428 g/mol. The fraction of sp³-hybridized carbons (Fsp3) is 0.222. The van der Waals surface area contributed by atoms with Crippen LogP contribution in [0.2, 0.25) is 14.4 Å². The van der Waals surface area contributed by atoms with E-state index in [1.54, 1.807) is 22.9 Å². The van der Waals surface area contributed by atoms with Crippen LogP contribution in [0.5, 0.6) is 0 Å². The fourth-order valence-electron chi connectivity index (χ4n) is 3.38. The standard InChI is InChI=1S/C18H13Cl3N2O2S/c19-9-4-5-13(12(20)8-9)23-17(14-6-7-15(21)26-14)10-2-1-3-11(18(24)25)16(10)22-23/h4-8,11H,1-3H2,(H,24,25). The van der Waals surface area contributed by atoms with E-state index in [1.165, 1.54) is 11.3 Å². The number of thiophene rings is 1. The molecule has 134 valence electrons. The molecule has 2 aromatic heterocycles. The first-order valence-electron chi connectivity index (χ1n) is 8.01. The highest BCUT2D eigenvalue weighted by Gasteiger charge is 2.33. The van der Waals surface area contributed by atoms with Crippen LogP contribution in [0.3, 0.4) is 0 Å². The van der Waals surface area contributed by atoms with E-state index in [2.05, 4.69) is 5.10 Å². The molecule has 2 heterocycles. The zero-order chi connectivity index (χ0) is 18.4.